The Kier molecular flexibility index (Phi) is 7.20. The molecule has 1 aliphatic heterocycles. The molecule has 8 nitrogen and oxygen atoms in total. The summed E-state index contributed by atoms with van der Waals surface area (Å²) in [5, 5.41) is 11.8. The Morgan fingerprint density at radius 3 is 2.32 bits per heavy atom. The molecule has 1 amide bonds. The zero-order valence-electron chi connectivity index (χ0n) is 19.4. The number of rotatable bonds is 8. The molecule has 0 spiro atoms. The van der Waals surface area contributed by atoms with Crippen LogP contribution in [0.1, 0.15) is 27.0 Å². The molecule has 0 saturated heterocycles. The summed E-state index contributed by atoms with van der Waals surface area (Å²) in [6, 6.07) is 16.7. The lowest BCUT2D eigenvalue weighted by Gasteiger charge is -2.29. The Morgan fingerprint density at radius 2 is 1.68 bits per heavy atom. The fourth-order valence-corrected chi connectivity index (χ4v) is 4.21. The van der Waals surface area contributed by atoms with Crippen LogP contribution in [0, 0.1) is 0 Å². The highest BCUT2D eigenvalue weighted by molar-refractivity contribution is 6.08. The number of carbonyl (C=O) groups excluding carboxylic acids is 1. The van der Waals surface area contributed by atoms with Crippen molar-refractivity contribution in [1.29, 1.82) is 0 Å². The molecule has 8 heteroatoms. The highest BCUT2D eigenvalue weighted by Crippen LogP contribution is 2.33. The van der Waals surface area contributed by atoms with Crippen LogP contribution in [0.25, 0.3) is 0 Å². The first-order valence-electron chi connectivity index (χ1n) is 11.2. The van der Waals surface area contributed by atoms with Crippen LogP contribution >= 0.6 is 0 Å². The molecule has 0 aromatic heterocycles. The molecule has 0 saturated carbocycles. The van der Waals surface area contributed by atoms with E-state index >= 15 is 0 Å². The van der Waals surface area contributed by atoms with E-state index < -0.39 is 0 Å². The summed E-state index contributed by atoms with van der Waals surface area (Å²) in [5.41, 5.74) is 13.5. The summed E-state index contributed by atoms with van der Waals surface area (Å²) in [7, 11) is 3.33. The molecule has 0 atom stereocenters. The van der Waals surface area contributed by atoms with E-state index in [0.717, 1.165) is 44.0 Å². The van der Waals surface area contributed by atoms with Gasteiger partial charge in [-0.2, -0.15) is 0 Å². The molecule has 34 heavy (non-hydrogen) atoms. The summed E-state index contributed by atoms with van der Waals surface area (Å²) in [5.74, 6) is 1.25. The van der Waals surface area contributed by atoms with Gasteiger partial charge in [-0.1, -0.05) is 12.1 Å². The first-order chi connectivity index (χ1) is 16.5. The van der Waals surface area contributed by atoms with E-state index in [1.54, 1.807) is 26.4 Å². The number of fused-ring (bicyclic) bond motifs is 1. The minimum absolute atomic E-state index is 0.285. The number of nitrogens with zero attached hydrogens (tertiary/aromatic N) is 1. The molecule has 0 aliphatic carbocycles. The number of hydrogen-bond acceptors (Lipinski definition) is 7. The third kappa shape index (κ3) is 5.24. The number of anilines is 3. The van der Waals surface area contributed by atoms with Gasteiger partial charge in [0, 0.05) is 31.0 Å². The molecule has 3 aromatic rings. The van der Waals surface area contributed by atoms with Gasteiger partial charge in [-0.25, -0.2) is 0 Å². The number of methoxy groups -OCH3 is 2. The van der Waals surface area contributed by atoms with Gasteiger partial charge < -0.3 is 20.5 Å². The Bertz CT molecular complexity index is 1160. The van der Waals surface area contributed by atoms with Crippen LogP contribution in [-0.4, -0.2) is 43.3 Å². The lowest BCUT2D eigenvalue weighted by molar-refractivity contribution is 0.102. The molecule has 4 rings (SSSR count). The van der Waals surface area contributed by atoms with E-state index in [4.69, 9.17) is 20.4 Å². The highest BCUT2D eigenvalue weighted by Gasteiger charge is 2.19. The van der Waals surface area contributed by atoms with Crippen molar-refractivity contribution in [3.05, 3.63) is 76.9 Å². The van der Waals surface area contributed by atoms with E-state index in [2.05, 4.69) is 22.3 Å². The number of ether oxygens (including phenoxy) is 2. The Labute approximate surface area is 199 Å². The molecule has 178 valence electrons. The molecule has 0 bridgehead atoms. The van der Waals surface area contributed by atoms with Crippen LogP contribution in [-0.2, 0) is 19.4 Å². The van der Waals surface area contributed by atoms with Crippen LogP contribution in [0.5, 0.6) is 11.5 Å². The fourth-order valence-electron chi connectivity index (χ4n) is 4.21. The van der Waals surface area contributed by atoms with E-state index in [9.17, 15) is 4.79 Å². The summed E-state index contributed by atoms with van der Waals surface area (Å²) >= 11 is 0. The van der Waals surface area contributed by atoms with E-state index in [1.807, 2.05) is 29.7 Å². The standard InChI is InChI=1S/C26H30N4O4/c1-33-24-13-18-10-12-30(16-19(18)14-25(24)34-2)11-9-17-3-5-20(6-4-17)28-26(31)22-8-7-21(29-32)15-23(22)27/h3-8,13-15,29,32H,9-12,16,27H2,1-2H3,(H,28,31). The van der Waals surface area contributed by atoms with Gasteiger partial charge >= 0.3 is 0 Å². The predicted molar refractivity (Wildman–Crippen MR) is 133 cm³/mol. The van der Waals surface area contributed by atoms with Gasteiger partial charge in [0.25, 0.3) is 5.91 Å². The molecular weight excluding hydrogens is 432 g/mol. The van der Waals surface area contributed by atoms with Gasteiger partial charge in [-0.05, 0) is 72.0 Å². The zero-order chi connectivity index (χ0) is 24.1. The molecule has 1 aliphatic rings. The number of amides is 1. The van der Waals surface area contributed by atoms with Crippen molar-refractivity contribution in [3.63, 3.8) is 0 Å². The van der Waals surface area contributed by atoms with Crippen LogP contribution in [0.2, 0.25) is 0 Å². The summed E-state index contributed by atoms with van der Waals surface area (Å²) in [6.07, 6.45) is 1.90. The Balaban J connectivity index is 1.33. The van der Waals surface area contributed by atoms with Crippen LogP contribution in [0.3, 0.4) is 0 Å². The van der Waals surface area contributed by atoms with E-state index in [0.29, 0.717) is 16.9 Å². The minimum atomic E-state index is -0.297. The van der Waals surface area contributed by atoms with Gasteiger partial charge in [0.15, 0.2) is 11.5 Å². The van der Waals surface area contributed by atoms with Crippen molar-refractivity contribution in [2.24, 2.45) is 0 Å². The Hall–Kier alpha value is -3.75. The summed E-state index contributed by atoms with van der Waals surface area (Å²) < 4.78 is 10.9. The van der Waals surface area contributed by atoms with Crippen molar-refractivity contribution in [3.8, 4) is 11.5 Å². The monoisotopic (exact) mass is 462 g/mol. The maximum absolute atomic E-state index is 12.5. The lowest BCUT2D eigenvalue weighted by Crippen LogP contribution is -2.32. The van der Waals surface area contributed by atoms with Crippen molar-refractivity contribution < 1.29 is 19.5 Å². The summed E-state index contributed by atoms with van der Waals surface area (Å²) in [4.78, 5) is 15.0. The Morgan fingerprint density at radius 1 is 1.00 bits per heavy atom. The molecule has 5 N–H and O–H groups in total. The maximum Gasteiger partial charge on any atom is 0.257 e. The number of nitrogens with two attached hydrogens (primary N) is 1. The van der Waals surface area contributed by atoms with Crippen molar-refractivity contribution in [1.82, 2.24) is 4.90 Å². The molecular formula is C26H30N4O4. The third-order valence-electron chi connectivity index (χ3n) is 6.15. The van der Waals surface area contributed by atoms with Crippen LogP contribution < -0.4 is 26.0 Å². The number of nitrogen functional groups attached to an aromatic ring is 1. The predicted octanol–water partition coefficient (Wildman–Crippen LogP) is 3.94. The first-order valence-corrected chi connectivity index (χ1v) is 11.2. The second kappa shape index (κ2) is 10.5. The van der Waals surface area contributed by atoms with Crippen LogP contribution in [0.15, 0.2) is 54.6 Å². The van der Waals surface area contributed by atoms with Crippen molar-refractivity contribution in [2.45, 2.75) is 19.4 Å². The third-order valence-corrected chi connectivity index (χ3v) is 6.15. The summed E-state index contributed by atoms with van der Waals surface area (Å²) in [6.45, 7) is 2.83. The quantitative estimate of drug-likeness (QED) is 0.297. The average Bonchev–Trinajstić information content (AvgIpc) is 2.87. The molecule has 0 unspecified atom stereocenters. The highest BCUT2D eigenvalue weighted by atomic mass is 16.5. The van der Waals surface area contributed by atoms with Gasteiger partial charge in [0.05, 0.1) is 25.5 Å². The molecule has 1 heterocycles. The van der Waals surface area contributed by atoms with E-state index in [1.165, 1.54) is 22.8 Å². The second-order valence-corrected chi connectivity index (χ2v) is 8.32. The number of carbonyl (C=O) groups is 1. The zero-order valence-corrected chi connectivity index (χ0v) is 19.4. The lowest BCUT2D eigenvalue weighted by atomic mass is 9.98. The maximum atomic E-state index is 12.5. The number of nitrogens with one attached hydrogen (secondary N) is 2. The second-order valence-electron chi connectivity index (χ2n) is 8.32. The van der Waals surface area contributed by atoms with Crippen LogP contribution in [0.4, 0.5) is 17.1 Å². The fraction of sp³-hybridized carbons (Fsp3) is 0.269. The van der Waals surface area contributed by atoms with Gasteiger partial charge in [0.2, 0.25) is 0 Å². The minimum Gasteiger partial charge on any atom is -0.493 e. The average molecular weight is 463 g/mol. The largest absolute Gasteiger partial charge is 0.493 e. The SMILES string of the molecule is COc1cc2c(cc1OC)CN(CCc1ccc(NC(=O)c3ccc(NO)cc3N)cc1)CC2. The van der Waals surface area contributed by atoms with Crippen molar-refractivity contribution >= 4 is 23.0 Å². The topological polar surface area (TPSA) is 109 Å². The first kappa shape index (κ1) is 23.4. The molecule has 3 aromatic carbocycles. The normalized spacial score (nSPS) is 13.1. The van der Waals surface area contributed by atoms with E-state index in [-0.39, 0.29) is 11.6 Å². The number of hydrogen-bond donors (Lipinski definition) is 4. The molecule has 0 fully saturated rings. The van der Waals surface area contributed by atoms with Crippen molar-refractivity contribution in [2.75, 3.05) is 43.8 Å². The number of benzene rings is 3. The molecule has 0 radical (unpaired) electrons. The van der Waals surface area contributed by atoms with Gasteiger partial charge in [-0.3, -0.25) is 20.4 Å². The van der Waals surface area contributed by atoms with Gasteiger partial charge in [0.1, 0.15) is 0 Å². The van der Waals surface area contributed by atoms with Gasteiger partial charge in [-0.15, -0.1) is 0 Å². The smallest absolute Gasteiger partial charge is 0.257 e.